The maximum atomic E-state index is 9.65. The molecule has 0 aliphatic rings. The monoisotopic (exact) mass is 160 g/mol. The minimum Gasteiger partial charge on any atom is -0.465 e. The fraction of sp³-hybridized carbons (Fsp3) is 0.571. The van der Waals surface area contributed by atoms with E-state index in [0.717, 1.165) is 0 Å². The first-order chi connectivity index (χ1) is 5.31. The third kappa shape index (κ3) is 7.02. The summed E-state index contributed by atoms with van der Waals surface area (Å²) in [4.78, 5) is 9.65. The minimum absolute atomic E-state index is 0.0271. The lowest BCUT2D eigenvalue weighted by atomic mass is 10.4. The lowest BCUT2D eigenvalue weighted by Gasteiger charge is -2.07. The van der Waals surface area contributed by atoms with E-state index < -0.39 is 6.10 Å². The second-order valence-corrected chi connectivity index (χ2v) is 1.91. The molecule has 0 bridgehead atoms. The number of ether oxygens (including phenoxy) is 2. The third-order valence-corrected chi connectivity index (χ3v) is 0.903. The van der Waals surface area contributed by atoms with Crippen molar-refractivity contribution in [2.75, 3.05) is 19.8 Å². The molecule has 0 heterocycles. The Hall–Kier alpha value is -0.870. The molecule has 0 radical (unpaired) electrons. The summed E-state index contributed by atoms with van der Waals surface area (Å²) in [5, 5.41) is 8.96. The van der Waals surface area contributed by atoms with Crippen LogP contribution in [0.3, 0.4) is 0 Å². The van der Waals surface area contributed by atoms with Crippen LogP contribution in [0.5, 0.6) is 0 Å². The maximum absolute atomic E-state index is 9.65. The maximum Gasteiger partial charge on any atom is 0.293 e. The summed E-state index contributed by atoms with van der Waals surface area (Å²) in [6.45, 7) is 4.23. The van der Waals surface area contributed by atoms with E-state index in [4.69, 9.17) is 9.84 Å². The number of aliphatic hydroxyl groups is 1. The predicted octanol–water partition coefficient (Wildman–Crippen LogP) is -0.277. The lowest BCUT2D eigenvalue weighted by Crippen LogP contribution is -2.21. The van der Waals surface area contributed by atoms with Crippen molar-refractivity contribution in [1.29, 1.82) is 0 Å². The Balaban J connectivity index is 3.14. The van der Waals surface area contributed by atoms with Gasteiger partial charge in [-0.3, -0.25) is 4.79 Å². The number of carbonyl (C=O) groups is 1. The standard InChI is InChI=1S/C7H12O4/c1-2-3-10-4-7(9)5-11-6-8/h2,6-7,9H,1,3-5H2. The molecule has 0 fully saturated rings. The SMILES string of the molecule is C=CCOCC(O)COC=O. The van der Waals surface area contributed by atoms with Crippen LogP contribution in [0.1, 0.15) is 0 Å². The molecule has 0 aromatic rings. The van der Waals surface area contributed by atoms with Crippen molar-refractivity contribution in [1.82, 2.24) is 0 Å². The van der Waals surface area contributed by atoms with Crippen molar-refractivity contribution in [3.05, 3.63) is 12.7 Å². The summed E-state index contributed by atoms with van der Waals surface area (Å²) in [6.07, 6.45) is 0.827. The average molecular weight is 160 g/mol. The molecule has 0 saturated carbocycles. The van der Waals surface area contributed by atoms with E-state index in [-0.39, 0.29) is 19.7 Å². The zero-order chi connectivity index (χ0) is 8.53. The molecule has 0 rings (SSSR count). The highest BCUT2D eigenvalue weighted by Crippen LogP contribution is 1.85. The van der Waals surface area contributed by atoms with E-state index in [1.54, 1.807) is 6.08 Å². The topological polar surface area (TPSA) is 55.8 Å². The second kappa shape index (κ2) is 7.24. The molecule has 0 aromatic heterocycles. The zero-order valence-electron chi connectivity index (χ0n) is 6.23. The molecule has 64 valence electrons. The van der Waals surface area contributed by atoms with Gasteiger partial charge in [-0.25, -0.2) is 0 Å². The summed E-state index contributed by atoms with van der Waals surface area (Å²) in [5.74, 6) is 0. The lowest BCUT2D eigenvalue weighted by molar-refractivity contribution is -0.132. The minimum atomic E-state index is -0.750. The van der Waals surface area contributed by atoms with Crippen LogP contribution in [0.2, 0.25) is 0 Å². The smallest absolute Gasteiger partial charge is 0.293 e. The van der Waals surface area contributed by atoms with Crippen molar-refractivity contribution in [2.45, 2.75) is 6.10 Å². The van der Waals surface area contributed by atoms with Crippen molar-refractivity contribution in [3.8, 4) is 0 Å². The number of carbonyl (C=O) groups excluding carboxylic acids is 1. The molecule has 0 saturated heterocycles. The first-order valence-corrected chi connectivity index (χ1v) is 3.23. The van der Waals surface area contributed by atoms with Crippen LogP contribution in [-0.2, 0) is 14.3 Å². The van der Waals surface area contributed by atoms with Gasteiger partial charge in [-0.2, -0.15) is 0 Å². The largest absolute Gasteiger partial charge is 0.465 e. The highest BCUT2D eigenvalue weighted by Gasteiger charge is 2.02. The van der Waals surface area contributed by atoms with Gasteiger partial charge in [0.25, 0.3) is 6.47 Å². The van der Waals surface area contributed by atoms with E-state index in [1.165, 1.54) is 0 Å². The van der Waals surface area contributed by atoms with Crippen molar-refractivity contribution in [3.63, 3.8) is 0 Å². The summed E-state index contributed by atoms with van der Waals surface area (Å²) in [7, 11) is 0. The molecule has 1 atom stereocenters. The number of rotatable bonds is 7. The highest BCUT2D eigenvalue weighted by atomic mass is 16.5. The van der Waals surface area contributed by atoms with Gasteiger partial charge in [0.1, 0.15) is 12.7 Å². The van der Waals surface area contributed by atoms with Gasteiger partial charge in [0.15, 0.2) is 0 Å². The van der Waals surface area contributed by atoms with Crippen molar-refractivity contribution in [2.24, 2.45) is 0 Å². The fourth-order valence-corrected chi connectivity index (χ4v) is 0.486. The Labute approximate surface area is 65.4 Å². The van der Waals surface area contributed by atoms with Gasteiger partial charge in [0, 0.05) is 0 Å². The third-order valence-electron chi connectivity index (χ3n) is 0.903. The normalized spacial score (nSPS) is 12.1. The average Bonchev–Trinajstić information content (AvgIpc) is 2.01. The first-order valence-electron chi connectivity index (χ1n) is 3.23. The van der Waals surface area contributed by atoms with Crippen LogP contribution in [0.4, 0.5) is 0 Å². The van der Waals surface area contributed by atoms with Gasteiger partial charge in [0.05, 0.1) is 13.2 Å². The van der Waals surface area contributed by atoms with Gasteiger partial charge in [-0.15, -0.1) is 6.58 Å². The Morgan fingerprint density at radius 3 is 2.82 bits per heavy atom. The van der Waals surface area contributed by atoms with Crippen LogP contribution in [0.15, 0.2) is 12.7 Å². The summed E-state index contributed by atoms with van der Waals surface area (Å²) in [5.41, 5.74) is 0. The molecular weight excluding hydrogens is 148 g/mol. The van der Waals surface area contributed by atoms with E-state index in [0.29, 0.717) is 6.61 Å². The Kier molecular flexibility index (Phi) is 6.67. The molecule has 1 N–H and O–H groups in total. The molecule has 4 heteroatoms. The molecule has 4 nitrogen and oxygen atoms in total. The molecule has 0 spiro atoms. The van der Waals surface area contributed by atoms with Gasteiger partial charge in [-0.1, -0.05) is 6.08 Å². The van der Waals surface area contributed by atoms with Gasteiger partial charge in [-0.05, 0) is 0 Å². The van der Waals surface area contributed by atoms with Crippen LogP contribution in [0, 0.1) is 0 Å². The molecule has 0 aliphatic carbocycles. The van der Waals surface area contributed by atoms with Gasteiger partial charge >= 0.3 is 0 Å². The molecular formula is C7H12O4. The van der Waals surface area contributed by atoms with E-state index in [1.807, 2.05) is 0 Å². The summed E-state index contributed by atoms with van der Waals surface area (Å²) < 4.78 is 9.17. The molecule has 0 aliphatic heterocycles. The Morgan fingerprint density at radius 1 is 1.55 bits per heavy atom. The predicted molar refractivity (Wildman–Crippen MR) is 39.0 cm³/mol. The van der Waals surface area contributed by atoms with Gasteiger partial charge < -0.3 is 14.6 Å². The van der Waals surface area contributed by atoms with E-state index in [2.05, 4.69) is 11.3 Å². The number of aliphatic hydroxyl groups excluding tert-OH is 1. The Bertz CT molecular complexity index is 113. The van der Waals surface area contributed by atoms with Crippen LogP contribution < -0.4 is 0 Å². The van der Waals surface area contributed by atoms with Crippen molar-refractivity contribution >= 4 is 6.47 Å². The van der Waals surface area contributed by atoms with E-state index >= 15 is 0 Å². The van der Waals surface area contributed by atoms with Gasteiger partial charge in [0.2, 0.25) is 0 Å². The second-order valence-electron chi connectivity index (χ2n) is 1.91. The zero-order valence-corrected chi connectivity index (χ0v) is 6.23. The highest BCUT2D eigenvalue weighted by molar-refractivity contribution is 5.36. The summed E-state index contributed by atoms with van der Waals surface area (Å²) >= 11 is 0. The van der Waals surface area contributed by atoms with Crippen molar-refractivity contribution < 1.29 is 19.4 Å². The fourth-order valence-electron chi connectivity index (χ4n) is 0.486. The summed E-state index contributed by atoms with van der Waals surface area (Å²) in [6, 6.07) is 0. The number of hydrogen-bond donors (Lipinski definition) is 1. The molecule has 1 unspecified atom stereocenters. The molecule has 0 aromatic carbocycles. The quantitative estimate of drug-likeness (QED) is 0.316. The first kappa shape index (κ1) is 10.1. The van der Waals surface area contributed by atoms with Crippen LogP contribution in [0.25, 0.3) is 0 Å². The molecule has 0 amide bonds. The Morgan fingerprint density at radius 2 is 2.27 bits per heavy atom. The van der Waals surface area contributed by atoms with Crippen LogP contribution in [-0.4, -0.2) is 37.5 Å². The number of hydrogen-bond acceptors (Lipinski definition) is 4. The van der Waals surface area contributed by atoms with Crippen LogP contribution >= 0.6 is 0 Å². The van der Waals surface area contributed by atoms with E-state index in [9.17, 15) is 4.79 Å². The molecule has 11 heavy (non-hydrogen) atoms.